The summed E-state index contributed by atoms with van der Waals surface area (Å²) < 4.78 is 67.4. The number of H-pyrrole nitrogens is 1. The van der Waals surface area contributed by atoms with Crippen LogP contribution in [0.5, 0.6) is 0 Å². The molecule has 0 aliphatic carbocycles. The van der Waals surface area contributed by atoms with Crippen molar-refractivity contribution in [2.75, 3.05) is 5.32 Å². The summed E-state index contributed by atoms with van der Waals surface area (Å²) >= 11 is 12.3. The lowest BCUT2D eigenvalue weighted by Gasteiger charge is -2.20. The molecule has 0 saturated heterocycles. The first-order valence-corrected chi connectivity index (χ1v) is 12.6. The van der Waals surface area contributed by atoms with Gasteiger partial charge in [-0.1, -0.05) is 49.2 Å². The Labute approximate surface area is 214 Å². The Morgan fingerprint density at radius 3 is 2.39 bits per heavy atom. The first-order chi connectivity index (χ1) is 16.7. The second-order valence-corrected chi connectivity index (χ2v) is 10.3. The summed E-state index contributed by atoms with van der Waals surface area (Å²) in [5.74, 6) is -6.92. The zero-order chi connectivity index (χ0) is 27.0. The largest absolute Gasteiger partial charge is 0.337 e. The van der Waals surface area contributed by atoms with Gasteiger partial charge in [-0.2, -0.15) is 8.78 Å². The molecule has 0 aliphatic rings. The van der Waals surface area contributed by atoms with E-state index in [4.69, 9.17) is 33.8 Å². The fourth-order valence-corrected chi connectivity index (χ4v) is 4.46. The average molecular weight is 562 g/mol. The molecule has 1 atom stereocenters. The second-order valence-electron chi connectivity index (χ2n) is 7.88. The highest BCUT2D eigenvalue weighted by Crippen LogP contribution is 2.38. The van der Waals surface area contributed by atoms with Gasteiger partial charge in [0.2, 0.25) is 10.0 Å². The number of aromatic nitrogens is 2. The monoisotopic (exact) mass is 561 g/mol. The normalized spacial score (nSPS) is 12.9. The van der Waals surface area contributed by atoms with Crippen molar-refractivity contribution in [1.29, 1.82) is 5.41 Å². The van der Waals surface area contributed by atoms with Crippen molar-refractivity contribution in [3.63, 3.8) is 0 Å². The fraction of sp³-hybridized carbons (Fsp3) is 0.227. The van der Waals surface area contributed by atoms with Crippen LogP contribution in [0.2, 0.25) is 10.0 Å². The molecule has 36 heavy (non-hydrogen) atoms. The minimum Gasteiger partial charge on any atom is -0.337 e. The number of alkyl halides is 2. The third kappa shape index (κ3) is 5.56. The van der Waals surface area contributed by atoms with Gasteiger partial charge in [-0.3, -0.25) is 4.79 Å². The SMILES string of the molecule is CCC(C)C(=N)c1c(Nc2c(Cl)cc(S(N)(=O)=O)cc2Cl)nc(C(F)(F)c2cccc(F)c2)[nH]c1=O. The van der Waals surface area contributed by atoms with E-state index in [0.29, 0.717) is 12.5 Å². The Balaban J connectivity index is 2.25. The Bertz CT molecular complexity index is 1490. The van der Waals surface area contributed by atoms with E-state index < -0.39 is 55.3 Å². The summed E-state index contributed by atoms with van der Waals surface area (Å²) in [6.07, 6.45) is 0.448. The smallest absolute Gasteiger partial charge is 0.330 e. The van der Waals surface area contributed by atoms with Crippen LogP contribution >= 0.6 is 23.2 Å². The lowest BCUT2D eigenvalue weighted by Crippen LogP contribution is -2.30. The molecule has 192 valence electrons. The van der Waals surface area contributed by atoms with Gasteiger partial charge in [-0.15, -0.1) is 0 Å². The van der Waals surface area contributed by atoms with Crippen LogP contribution in [0.4, 0.5) is 24.7 Å². The Morgan fingerprint density at radius 2 is 1.86 bits per heavy atom. The van der Waals surface area contributed by atoms with Crippen molar-refractivity contribution in [3.05, 3.63) is 79.6 Å². The van der Waals surface area contributed by atoms with E-state index in [2.05, 4.69) is 10.3 Å². The molecule has 0 fully saturated rings. The molecular weight excluding hydrogens is 542 g/mol. The molecule has 0 radical (unpaired) electrons. The van der Waals surface area contributed by atoms with Crippen molar-refractivity contribution < 1.29 is 21.6 Å². The molecule has 0 amide bonds. The van der Waals surface area contributed by atoms with Gasteiger partial charge in [0.1, 0.15) is 17.2 Å². The summed E-state index contributed by atoms with van der Waals surface area (Å²) in [6.45, 7) is 3.42. The zero-order valence-electron chi connectivity index (χ0n) is 18.8. The molecule has 1 heterocycles. The summed E-state index contributed by atoms with van der Waals surface area (Å²) in [5.41, 5.74) is -2.55. The van der Waals surface area contributed by atoms with E-state index in [9.17, 15) is 17.6 Å². The Morgan fingerprint density at radius 1 is 1.25 bits per heavy atom. The third-order valence-electron chi connectivity index (χ3n) is 5.37. The van der Waals surface area contributed by atoms with Gasteiger partial charge < -0.3 is 15.7 Å². The minimum absolute atomic E-state index is 0.165. The number of nitrogens with one attached hydrogen (secondary N) is 3. The predicted molar refractivity (Wildman–Crippen MR) is 132 cm³/mol. The van der Waals surface area contributed by atoms with Crippen molar-refractivity contribution in [2.24, 2.45) is 11.1 Å². The van der Waals surface area contributed by atoms with Gasteiger partial charge in [0, 0.05) is 5.56 Å². The second kappa shape index (κ2) is 10.2. The minimum atomic E-state index is -4.17. The van der Waals surface area contributed by atoms with Gasteiger partial charge in [0.05, 0.1) is 26.3 Å². The van der Waals surface area contributed by atoms with E-state index in [1.165, 1.54) is 0 Å². The van der Waals surface area contributed by atoms with Crippen LogP contribution in [0.15, 0.2) is 46.1 Å². The van der Waals surface area contributed by atoms with Gasteiger partial charge in [-0.05, 0) is 36.6 Å². The highest BCUT2D eigenvalue weighted by molar-refractivity contribution is 7.89. The van der Waals surface area contributed by atoms with Gasteiger partial charge >= 0.3 is 5.92 Å². The Kier molecular flexibility index (Phi) is 7.84. The molecule has 1 aromatic heterocycles. The number of nitrogens with zero attached hydrogens (tertiary/aromatic N) is 1. The molecule has 0 aliphatic heterocycles. The highest BCUT2D eigenvalue weighted by Gasteiger charge is 2.39. The molecule has 0 bridgehead atoms. The van der Waals surface area contributed by atoms with E-state index in [-0.39, 0.29) is 27.0 Å². The van der Waals surface area contributed by atoms with Crippen LogP contribution in [0.3, 0.4) is 0 Å². The maximum Gasteiger partial charge on any atom is 0.330 e. The molecule has 2 aromatic carbocycles. The number of rotatable bonds is 8. The number of benzene rings is 2. The number of anilines is 2. The van der Waals surface area contributed by atoms with E-state index in [0.717, 1.165) is 30.3 Å². The quantitative estimate of drug-likeness (QED) is 0.281. The molecule has 8 nitrogen and oxygen atoms in total. The molecule has 14 heteroatoms. The molecule has 1 unspecified atom stereocenters. The number of primary sulfonamides is 1. The van der Waals surface area contributed by atoms with E-state index in [1.807, 2.05) is 4.98 Å². The molecule has 3 aromatic rings. The van der Waals surface area contributed by atoms with Gasteiger partial charge in [0.15, 0.2) is 5.82 Å². The van der Waals surface area contributed by atoms with Crippen LogP contribution in [0, 0.1) is 17.1 Å². The number of aromatic amines is 1. The molecule has 3 rings (SSSR count). The molecular formula is C22H20Cl2F3N5O3S. The van der Waals surface area contributed by atoms with E-state index >= 15 is 8.78 Å². The first-order valence-electron chi connectivity index (χ1n) is 10.3. The molecule has 0 saturated carbocycles. The first kappa shape index (κ1) is 27.7. The van der Waals surface area contributed by atoms with Gasteiger partial charge in [-0.25, -0.2) is 22.9 Å². The van der Waals surface area contributed by atoms with E-state index in [1.54, 1.807) is 13.8 Å². The van der Waals surface area contributed by atoms with Crippen LogP contribution in [0.1, 0.15) is 37.2 Å². The number of halogens is 5. The topological polar surface area (TPSA) is 142 Å². The molecule has 0 spiro atoms. The van der Waals surface area contributed by atoms with Crippen molar-refractivity contribution in [1.82, 2.24) is 9.97 Å². The summed E-state index contributed by atoms with van der Waals surface area (Å²) in [7, 11) is -4.17. The van der Waals surface area contributed by atoms with Crippen molar-refractivity contribution in [3.8, 4) is 0 Å². The van der Waals surface area contributed by atoms with Crippen LogP contribution in [0.25, 0.3) is 0 Å². The number of hydrogen-bond acceptors (Lipinski definition) is 6. The summed E-state index contributed by atoms with van der Waals surface area (Å²) in [5, 5.41) is 15.6. The number of nitrogens with two attached hydrogens (primary N) is 1. The van der Waals surface area contributed by atoms with Gasteiger partial charge in [0.25, 0.3) is 5.56 Å². The number of sulfonamides is 1. The maximum absolute atomic E-state index is 15.3. The third-order valence-corrected chi connectivity index (χ3v) is 6.86. The van der Waals surface area contributed by atoms with Crippen LogP contribution < -0.4 is 16.0 Å². The van der Waals surface area contributed by atoms with Crippen LogP contribution in [-0.2, 0) is 15.9 Å². The lowest BCUT2D eigenvalue weighted by molar-refractivity contribution is 0.0323. The predicted octanol–water partition coefficient (Wildman–Crippen LogP) is 5.16. The summed E-state index contributed by atoms with van der Waals surface area (Å²) in [6, 6.07) is 5.57. The zero-order valence-corrected chi connectivity index (χ0v) is 21.1. The average Bonchev–Trinajstić information content (AvgIpc) is 2.79. The highest BCUT2D eigenvalue weighted by atomic mass is 35.5. The lowest BCUT2D eigenvalue weighted by atomic mass is 9.97. The summed E-state index contributed by atoms with van der Waals surface area (Å²) in [4.78, 5) is 18.4. The van der Waals surface area contributed by atoms with Crippen LogP contribution in [-0.4, -0.2) is 24.1 Å². The molecule has 5 N–H and O–H groups in total. The maximum atomic E-state index is 15.3. The Hall–Kier alpha value is -2.93. The standard InChI is InChI=1S/C22H20Cl2F3N5O3S/c1-3-10(2)17(28)16-19(30-18-14(23)8-13(9-15(18)24)36(29,34)35)31-21(32-20(16)33)22(26,27)11-5-4-6-12(25)7-11/h4-10,28H,3H2,1-2H3,(H2,29,34,35)(H2,30,31,32,33). The number of hydrogen-bond donors (Lipinski definition) is 4. The van der Waals surface area contributed by atoms with Crippen molar-refractivity contribution >= 4 is 50.4 Å². The fourth-order valence-electron chi connectivity index (χ4n) is 3.19. The van der Waals surface area contributed by atoms with Crippen molar-refractivity contribution in [2.45, 2.75) is 31.1 Å².